The first-order valence-electron chi connectivity index (χ1n) is 6.00. The zero-order chi connectivity index (χ0) is 13.8. The second-order valence-corrected chi connectivity index (χ2v) is 6.69. The van der Waals surface area contributed by atoms with Gasteiger partial charge in [-0.1, -0.05) is 24.6 Å². The summed E-state index contributed by atoms with van der Waals surface area (Å²) in [6.07, 6.45) is 0.611. The fraction of sp³-hybridized carbons (Fsp3) is 0.538. The van der Waals surface area contributed by atoms with E-state index in [4.69, 9.17) is 10.5 Å². The molecule has 1 unspecified atom stereocenters. The molecule has 0 saturated carbocycles. The van der Waals surface area contributed by atoms with Gasteiger partial charge in [0.2, 0.25) is 0 Å². The van der Waals surface area contributed by atoms with Crippen molar-refractivity contribution in [3.63, 3.8) is 0 Å². The number of sulfone groups is 1. The molecule has 0 aromatic heterocycles. The summed E-state index contributed by atoms with van der Waals surface area (Å²) in [6, 6.07) is 5.06. The van der Waals surface area contributed by atoms with Gasteiger partial charge in [-0.15, -0.1) is 0 Å². The lowest BCUT2D eigenvalue weighted by molar-refractivity contribution is 0.407. The minimum absolute atomic E-state index is 0.0410. The average Bonchev–Trinajstić information content (AvgIpc) is 2.28. The average molecular weight is 271 g/mol. The molecular formula is C13H21NO3S. The van der Waals surface area contributed by atoms with Crippen molar-refractivity contribution in [1.29, 1.82) is 0 Å². The van der Waals surface area contributed by atoms with Crippen molar-refractivity contribution < 1.29 is 13.2 Å². The van der Waals surface area contributed by atoms with Crippen LogP contribution in [0.4, 0.5) is 0 Å². The third-order valence-electron chi connectivity index (χ3n) is 2.73. The predicted molar refractivity (Wildman–Crippen MR) is 73.6 cm³/mol. The second-order valence-electron chi connectivity index (χ2n) is 4.47. The van der Waals surface area contributed by atoms with E-state index in [-0.39, 0.29) is 11.5 Å². The molecule has 0 heterocycles. The summed E-state index contributed by atoms with van der Waals surface area (Å²) < 4.78 is 28.8. The van der Waals surface area contributed by atoms with Crippen molar-refractivity contribution in [3.05, 3.63) is 29.3 Å². The van der Waals surface area contributed by atoms with Crippen molar-refractivity contribution in [1.82, 2.24) is 0 Å². The Labute approximate surface area is 109 Å². The maximum absolute atomic E-state index is 11.8. The van der Waals surface area contributed by atoms with Crippen molar-refractivity contribution in [2.24, 2.45) is 5.73 Å². The van der Waals surface area contributed by atoms with E-state index in [0.717, 1.165) is 11.1 Å². The van der Waals surface area contributed by atoms with Gasteiger partial charge >= 0.3 is 0 Å². The van der Waals surface area contributed by atoms with E-state index >= 15 is 0 Å². The molecule has 102 valence electrons. The van der Waals surface area contributed by atoms with Crippen LogP contribution in [0.5, 0.6) is 5.75 Å². The standard InChI is InChI=1S/C13H21NO3S/c1-4-7-18(15,16)9-12(14)11-8-10(2)5-6-13(11)17-3/h5-6,8,12H,4,7,9,14H2,1-3H3. The quantitative estimate of drug-likeness (QED) is 0.857. The minimum Gasteiger partial charge on any atom is -0.496 e. The molecule has 2 N–H and O–H groups in total. The van der Waals surface area contributed by atoms with Crippen LogP contribution in [0, 0.1) is 6.92 Å². The minimum atomic E-state index is -3.10. The zero-order valence-electron chi connectivity index (χ0n) is 11.1. The Morgan fingerprint density at radius 1 is 1.39 bits per heavy atom. The SMILES string of the molecule is CCCS(=O)(=O)CC(N)c1cc(C)ccc1OC. The van der Waals surface area contributed by atoms with Gasteiger partial charge in [0.25, 0.3) is 0 Å². The number of rotatable bonds is 6. The molecule has 4 nitrogen and oxygen atoms in total. The molecule has 5 heteroatoms. The van der Waals surface area contributed by atoms with Gasteiger partial charge in [0.05, 0.1) is 12.9 Å². The highest BCUT2D eigenvalue weighted by atomic mass is 32.2. The maximum atomic E-state index is 11.8. The Balaban J connectivity index is 2.96. The van der Waals surface area contributed by atoms with Gasteiger partial charge in [-0.05, 0) is 19.4 Å². The molecule has 1 aromatic carbocycles. The summed E-state index contributed by atoms with van der Waals surface area (Å²) in [4.78, 5) is 0. The summed E-state index contributed by atoms with van der Waals surface area (Å²) >= 11 is 0. The summed E-state index contributed by atoms with van der Waals surface area (Å²) in [5.41, 5.74) is 7.78. The lowest BCUT2D eigenvalue weighted by atomic mass is 10.1. The van der Waals surface area contributed by atoms with Crippen LogP contribution >= 0.6 is 0 Å². The van der Waals surface area contributed by atoms with E-state index in [1.165, 1.54) is 0 Å². The molecule has 18 heavy (non-hydrogen) atoms. The van der Waals surface area contributed by atoms with Crippen LogP contribution in [0.1, 0.15) is 30.5 Å². The number of ether oxygens (including phenoxy) is 1. The van der Waals surface area contributed by atoms with E-state index in [0.29, 0.717) is 12.2 Å². The molecule has 0 bridgehead atoms. The van der Waals surface area contributed by atoms with Crippen LogP contribution in [-0.2, 0) is 9.84 Å². The molecule has 1 aromatic rings. The third-order valence-corrected chi connectivity index (χ3v) is 4.63. The van der Waals surface area contributed by atoms with Gasteiger partial charge in [0.15, 0.2) is 9.84 Å². The number of aryl methyl sites for hydroxylation is 1. The van der Waals surface area contributed by atoms with Crippen LogP contribution in [0.25, 0.3) is 0 Å². The molecule has 0 aliphatic heterocycles. The summed E-state index contributed by atoms with van der Waals surface area (Å²) in [7, 11) is -1.54. The molecule has 1 atom stereocenters. The fourth-order valence-electron chi connectivity index (χ4n) is 1.90. The Morgan fingerprint density at radius 2 is 2.06 bits per heavy atom. The number of benzene rings is 1. The number of nitrogens with two attached hydrogens (primary N) is 1. The Hall–Kier alpha value is -1.07. The number of methoxy groups -OCH3 is 1. The molecule has 0 saturated heterocycles. The topological polar surface area (TPSA) is 69.4 Å². The van der Waals surface area contributed by atoms with Gasteiger partial charge in [-0.2, -0.15) is 0 Å². The van der Waals surface area contributed by atoms with Crippen LogP contribution in [-0.4, -0.2) is 27.0 Å². The summed E-state index contributed by atoms with van der Waals surface area (Å²) in [6.45, 7) is 3.78. The van der Waals surface area contributed by atoms with E-state index in [9.17, 15) is 8.42 Å². The number of hydrogen-bond donors (Lipinski definition) is 1. The molecule has 0 fully saturated rings. The van der Waals surface area contributed by atoms with E-state index < -0.39 is 15.9 Å². The largest absolute Gasteiger partial charge is 0.496 e. The van der Waals surface area contributed by atoms with Crippen molar-refractivity contribution in [3.8, 4) is 5.75 Å². The van der Waals surface area contributed by atoms with Crippen LogP contribution in [0.15, 0.2) is 18.2 Å². The number of hydrogen-bond acceptors (Lipinski definition) is 4. The lowest BCUT2D eigenvalue weighted by Gasteiger charge is -2.16. The molecule has 0 aliphatic carbocycles. The van der Waals surface area contributed by atoms with Gasteiger partial charge < -0.3 is 10.5 Å². The van der Waals surface area contributed by atoms with E-state index in [1.807, 2.05) is 32.0 Å². The Kier molecular flexibility index (Phi) is 5.16. The van der Waals surface area contributed by atoms with Gasteiger partial charge in [-0.3, -0.25) is 0 Å². The van der Waals surface area contributed by atoms with Crippen molar-refractivity contribution in [2.45, 2.75) is 26.3 Å². The highest BCUT2D eigenvalue weighted by Gasteiger charge is 2.19. The molecule has 0 radical (unpaired) electrons. The molecule has 0 aliphatic rings. The first-order valence-corrected chi connectivity index (χ1v) is 7.82. The highest BCUT2D eigenvalue weighted by molar-refractivity contribution is 7.91. The van der Waals surface area contributed by atoms with Gasteiger partial charge in [0, 0.05) is 17.4 Å². The first kappa shape index (κ1) is 15.0. The van der Waals surface area contributed by atoms with E-state index in [1.54, 1.807) is 7.11 Å². The maximum Gasteiger partial charge on any atom is 0.152 e. The van der Waals surface area contributed by atoms with Crippen LogP contribution < -0.4 is 10.5 Å². The summed E-state index contributed by atoms with van der Waals surface area (Å²) in [5, 5.41) is 0. The monoisotopic (exact) mass is 271 g/mol. The van der Waals surface area contributed by atoms with Gasteiger partial charge in [0.1, 0.15) is 5.75 Å². The first-order chi connectivity index (χ1) is 8.39. The van der Waals surface area contributed by atoms with Crippen LogP contribution in [0.3, 0.4) is 0 Å². The molecule has 0 spiro atoms. The molecular weight excluding hydrogens is 250 g/mol. The molecule has 0 amide bonds. The highest BCUT2D eigenvalue weighted by Crippen LogP contribution is 2.26. The smallest absolute Gasteiger partial charge is 0.152 e. The second kappa shape index (κ2) is 6.20. The Bertz CT molecular complexity index is 497. The van der Waals surface area contributed by atoms with Crippen molar-refractivity contribution in [2.75, 3.05) is 18.6 Å². The van der Waals surface area contributed by atoms with Crippen LogP contribution in [0.2, 0.25) is 0 Å². The third kappa shape index (κ3) is 3.99. The Morgan fingerprint density at radius 3 is 2.61 bits per heavy atom. The zero-order valence-corrected chi connectivity index (χ0v) is 12.0. The lowest BCUT2D eigenvalue weighted by Crippen LogP contribution is -2.24. The summed E-state index contributed by atoms with van der Waals surface area (Å²) in [5.74, 6) is 0.773. The normalized spacial score (nSPS) is 13.3. The van der Waals surface area contributed by atoms with E-state index in [2.05, 4.69) is 0 Å². The van der Waals surface area contributed by atoms with Gasteiger partial charge in [-0.25, -0.2) is 8.42 Å². The molecule has 1 rings (SSSR count). The fourth-order valence-corrected chi connectivity index (χ4v) is 3.42. The predicted octanol–water partition coefficient (Wildman–Crippen LogP) is 1.83. The van der Waals surface area contributed by atoms with Crippen molar-refractivity contribution >= 4 is 9.84 Å².